The van der Waals surface area contributed by atoms with Gasteiger partial charge in [-0.2, -0.15) is 10.1 Å². The number of fused-ring (bicyclic) bond motifs is 3. The second-order valence-electron chi connectivity index (χ2n) is 6.11. The molecular formula is C19H17BrN6O2. The molecule has 0 spiro atoms. The van der Waals surface area contributed by atoms with Crippen molar-refractivity contribution in [3.8, 4) is 11.5 Å². The van der Waals surface area contributed by atoms with Crippen LogP contribution in [-0.2, 0) is 0 Å². The number of methoxy groups -OCH3 is 2. The maximum atomic E-state index is 5.33. The Morgan fingerprint density at radius 1 is 1.14 bits per heavy atom. The van der Waals surface area contributed by atoms with Crippen molar-refractivity contribution < 1.29 is 9.47 Å². The summed E-state index contributed by atoms with van der Waals surface area (Å²) in [5, 5.41) is 13.6. The first kappa shape index (κ1) is 18.2. The standard InChI is InChI=1S/C19H17BrN6O2/c1-10-4-5-14-12(6-10)16-18(22-14)23-19(26-24-16)25-21-9-11-7-13(20)17(28-3)15(8-11)27-2/h4-9H,1-3H3,(H2,22,23,25,26)/b21-9+. The first-order valence-corrected chi connectivity index (χ1v) is 9.21. The van der Waals surface area contributed by atoms with E-state index in [0.29, 0.717) is 23.1 Å². The van der Waals surface area contributed by atoms with E-state index in [1.165, 1.54) is 0 Å². The largest absolute Gasteiger partial charge is 0.493 e. The molecule has 28 heavy (non-hydrogen) atoms. The minimum Gasteiger partial charge on any atom is -0.493 e. The van der Waals surface area contributed by atoms with Crippen LogP contribution in [0.15, 0.2) is 39.9 Å². The fraction of sp³-hybridized carbons (Fsp3) is 0.158. The first-order chi connectivity index (χ1) is 13.6. The van der Waals surface area contributed by atoms with Crippen LogP contribution in [0.25, 0.3) is 22.1 Å². The van der Waals surface area contributed by atoms with Crippen LogP contribution in [0.3, 0.4) is 0 Å². The van der Waals surface area contributed by atoms with Gasteiger partial charge < -0.3 is 14.5 Å². The van der Waals surface area contributed by atoms with E-state index < -0.39 is 0 Å². The minimum atomic E-state index is 0.298. The molecule has 0 aliphatic carbocycles. The van der Waals surface area contributed by atoms with Gasteiger partial charge in [0.1, 0.15) is 5.52 Å². The van der Waals surface area contributed by atoms with Crippen molar-refractivity contribution >= 4 is 50.2 Å². The number of aromatic nitrogens is 4. The number of hydrazone groups is 1. The lowest BCUT2D eigenvalue weighted by molar-refractivity contribution is 0.353. The lowest BCUT2D eigenvalue weighted by Crippen LogP contribution is -1.99. The number of nitrogens with zero attached hydrogens (tertiary/aromatic N) is 4. The van der Waals surface area contributed by atoms with E-state index in [4.69, 9.17) is 9.47 Å². The summed E-state index contributed by atoms with van der Waals surface area (Å²) in [5.41, 5.74) is 7.13. The Balaban J connectivity index is 1.58. The maximum absolute atomic E-state index is 5.33. The van der Waals surface area contributed by atoms with Crippen LogP contribution in [-0.4, -0.2) is 40.6 Å². The highest BCUT2D eigenvalue weighted by Crippen LogP contribution is 2.35. The van der Waals surface area contributed by atoms with Crippen LogP contribution in [0, 0.1) is 6.92 Å². The third kappa shape index (κ3) is 3.36. The monoisotopic (exact) mass is 440 g/mol. The number of ether oxygens (including phenoxy) is 2. The number of benzene rings is 2. The van der Waals surface area contributed by atoms with Gasteiger partial charge in [-0.1, -0.05) is 11.6 Å². The summed E-state index contributed by atoms with van der Waals surface area (Å²) in [5.74, 6) is 1.53. The predicted octanol–water partition coefficient (Wildman–Crippen LogP) is 4.04. The molecule has 0 radical (unpaired) electrons. The van der Waals surface area contributed by atoms with Crippen LogP contribution in [0.2, 0.25) is 0 Å². The molecule has 2 heterocycles. The lowest BCUT2D eigenvalue weighted by Gasteiger charge is -2.10. The van der Waals surface area contributed by atoms with Crippen molar-refractivity contribution in [2.45, 2.75) is 6.92 Å². The van der Waals surface area contributed by atoms with Crippen molar-refractivity contribution in [2.75, 3.05) is 19.6 Å². The fourth-order valence-corrected chi connectivity index (χ4v) is 3.53. The molecule has 0 atom stereocenters. The average Bonchev–Trinajstić information content (AvgIpc) is 3.04. The van der Waals surface area contributed by atoms with Gasteiger partial charge in [-0.05, 0) is 52.7 Å². The van der Waals surface area contributed by atoms with E-state index in [9.17, 15) is 0 Å². The molecule has 0 aliphatic heterocycles. The van der Waals surface area contributed by atoms with Crippen molar-refractivity contribution in [3.05, 3.63) is 45.9 Å². The molecule has 142 valence electrons. The van der Waals surface area contributed by atoms with Gasteiger partial charge in [-0.25, -0.2) is 5.43 Å². The molecule has 0 amide bonds. The molecule has 0 unspecified atom stereocenters. The molecule has 0 aliphatic rings. The van der Waals surface area contributed by atoms with E-state index in [0.717, 1.165) is 32.0 Å². The summed E-state index contributed by atoms with van der Waals surface area (Å²) in [6.07, 6.45) is 1.63. The number of nitrogens with one attached hydrogen (secondary N) is 2. The summed E-state index contributed by atoms with van der Waals surface area (Å²) in [4.78, 5) is 7.69. The topological polar surface area (TPSA) is 97.3 Å². The summed E-state index contributed by atoms with van der Waals surface area (Å²) < 4.78 is 11.4. The Morgan fingerprint density at radius 3 is 2.79 bits per heavy atom. The van der Waals surface area contributed by atoms with Gasteiger partial charge in [-0.15, -0.1) is 10.2 Å². The Kier molecular flexibility index (Phi) is 4.82. The number of H-pyrrole nitrogens is 1. The molecule has 0 saturated heterocycles. The van der Waals surface area contributed by atoms with E-state index in [-0.39, 0.29) is 0 Å². The number of aryl methyl sites for hydroxylation is 1. The van der Waals surface area contributed by atoms with Crippen molar-refractivity contribution in [3.63, 3.8) is 0 Å². The van der Waals surface area contributed by atoms with Crippen LogP contribution in [0.5, 0.6) is 11.5 Å². The van der Waals surface area contributed by atoms with Crippen LogP contribution in [0.4, 0.5) is 5.95 Å². The number of aromatic amines is 1. The summed E-state index contributed by atoms with van der Waals surface area (Å²) in [7, 11) is 3.17. The third-order valence-electron chi connectivity index (χ3n) is 4.20. The molecule has 2 N–H and O–H groups in total. The zero-order valence-electron chi connectivity index (χ0n) is 15.4. The second kappa shape index (κ2) is 7.43. The Bertz CT molecular complexity index is 1200. The minimum absolute atomic E-state index is 0.298. The SMILES string of the molecule is COc1cc(/C=N/Nc2nnc3c(n2)[nH]c2ccc(C)cc23)cc(Br)c1OC. The smallest absolute Gasteiger partial charge is 0.265 e. The predicted molar refractivity (Wildman–Crippen MR) is 112 cm³/mol. The average molecular weight is 441 g/mol. The molecule has 4 rings (SSSR count). The van der Waals surface area contributed by atoms with E-state index in [1.807, 2.05) is 31.2 Å². The molecule has 8 nitrogen and oxygen atoms in total. The molecule has 0 bridgehead atoms. The molecule has 9 heteroatoms. The first-order valence-electron chi connectivity index (χ1n) is 8.42. The van der Waals surface area contributed by atoms with Crippen molar-refractivity contribution in [1.82, 2.24) is 20.2 Å². The van der Waals surface area contributed by atoms with Gasteiger partial charge in [0.2, 0.25) is 0 Å². The Hall–Kier alpha value is -3.20. The lowest BCUT2D eigenvalue weighted by atomic mass is 10.2. The maximum Gasteiger partial charge on any atom is 0.265 e. The molecule has 0 saturated carbocycles. The summed E-state index contributed by atoms with van der Waals surface area (Å²) in [6, 6.07) is 9.79. The van der Waals surface area contributed by atoms with Crippen molar-refractivity contribution in [2.24, 2.45) is 5.10 Å². The molecular weight excluding hydrogens is 424 g/mol. The number of rotatable bonds is 5. The zero-order valence-corrected chi connectivity index (χ0v) is 17.0. The number of hydrogen-bond donors (Lipinski definition) is 2. The van der Waals surface area contributed by atoms with Crippen molar-refractivity contribution in [1.29, 1.82) is 0 Å². The summed E-state index contributed by atoms with van der Waals surface area (Å²) in [6.45, 7) is 2.04. The van der Waals surface area contributed by atoms with Gasteiger partial charge in [0, 0.05) is 10.9 Å². The Labute approximate surface area is 169 Å². The highest BCUT2D eigenvalue weighted by atomic mass is 79.9. The second-order valence-corrected chi connectivity index (χ2v) is 6.97. The van der Waals surface area contributed by atoms with Gasteiger partial charge in [-0.3, -0.25) is 0 Å². The van der Waals surface area contributed by atoms with E-state index in [2.05, 4.69) is 52.7 Å². The Morgan fingerprint density at radius 2 is 2.00 bits per heavy atom. The van der Waals surface area contributed by atoms with Gasteiger partial charge in [0.15, 0.2) is 17.1 Å². The van der Waals surface area contributed by atoms with E-state index in [1.54, 1.807) is 20.4 Å². The number of hydrogen-bond acceptors (Lipinski definition) is 7. The zero-order chi connectivity index (χ0) is 19.7. The highest BCUT2D eigenvalue weighted by molar-refractivity contribution is 9.10. The van der Waals surface area contributed by atoms with Gasteiger partial charge >= 0.3 is 0 Å². The van der Waals surface area contributed by atoms with Crippen LogP contribution >= 0.6 is 15.9 Å². The molecule has 4 aromatic rings. The molecule has 0 fully saturated rings. The van der Waals surface area contributed by atoms with Gasteiger partial charge in [0.25, 0.3) is 5.95 Å². The normalized spacial score (nSPS) is 11.4. The highest BCUT2D eigenvalue weighted by Gasteiger charge is 2.10. The summed E-state index contributed by atoms with van der Waals surface area (Å²) >= 11 is 3.46. The van der Waals surface area contributed by atoms with Gasteiger partial charge in [0.05, 0.1) is 24.9 Å². The third-order valence-corrected chi connectivity index (χ3v) is 4.79. The molecule has 2 aromatic carbocycles. The van der Waals surface area contributed by atoms with Crippen LogP contribution < -0.4 is 14.9 Å². The van der Waals surface area contributed by atoms with E-state index >= 15 is 0 Å². The fourth-order valence-electron chi connectivity index (χ4n) is 2.91. The number of anilines is 1. The van der Waals surface area contributed by atoms with Crippen LogP contribution in [0.1, 0.15) is 11.1 Å². The number of halogens is 1. The molecule has 2 aromatic heterocycles. The quantitative estimate of drug-likeness (QED) is 0.359.